The van der Waals surface area contributed by atoms with Gasteiger partial charge in [0.05, 0.1) is 18.8 Å². The number of ether oxygens (including phenoxy) is 2. The van der Waals surface area contributed by atoms with Crippen LogP contribution in [0.3, 0.4) is 0 Å². The molecule has 2 aliphatic rings. The van der Waals surface area contributed by atoms with Gasteiger partial charge in [-0.15, -0.1) is 0 Å². The quantitative estimate of drug-likeness (QED) is 0.632. The number of hydrogen-bond acceptors (Lipinski definition) is 4. The van der Waals surface area contributed by atoms with E-state index in [1.54, 1.807) is 0 Å². The standard InChI is InChI=1S/C11H20O4/c1-7-3-2-4-8-9(5-7)15-10(6-14-8)11(12)13/h7-13H,2-6H2,1H3. The van der Waals surface area contributed by atoms with Crippen LogP contribution in [0.15, 0.2) is 0 Å². The minimum Gasteiger partial charge on any atom is -0.373 e. The molecule has 4 heteroatoms. The number of aliphatic hydroxyl groups excluding tert-OH is 1. The molecule has 2 N–H and O–H groups in total. The second-order valence-electron chi connectivity index (χ2n) is 4.77. The van der Waals surface area contributed by atoms with Crippen LogP contribution in [0.2, 0.25) is 0 Å². The molecule has 0 amide bonds. The molecule has 0 aromatic rings. The molecule has 1 heterocycles. The SMILES string of the molecule is CC1CCCC2OCC(C(O)O)OC2C1. The Kier molecular flexibility index (Phi) is 3.61. The van der Waals surface area contributed by atoms with E-state index in [2.05, 4.69) is 6.92 Å². The van der Waals surface area contributed by atoms with Crippen LogP contribution in [-0.2, 0) is 9.47 Å². The summed E-state index contributed by atoms with van der Waals surface area (Å²) in [5, 5.41) is 18.1. The predicted molar refractivity (Wildman–Crippen MR) is 54.3 cm³/mol. The van der Waals surface area contributed by atoms with Crippen molar-refractivity contribution in [1.29, 1.82) is 0 Å². The van der Waals surface area contributed by atoms with Gasteiger partial charge >= 0.3 is 0 Å². The van der Waals surface area contributed by atoms with Crippen molar-refractivity contribution in [3.05, 3.63) is 0 Å². The topological polar surface area (TPSA) is 58.9 Å². The highest BCUT2D eigenvalue weighted by Gasteiger charge is 2.36. The molecule has 0 bridgehead atoms. The van der Waals surface area contributed by atoms with Crippen LogP contribution in [-0.4, -0.2) is 41.4 Å². The second kappa shape index (κ2) is 4.78. The lowest BCUT2D eigenvalue weighted by Crippen LogP contribution is -2.48. The van der Waals surface area contributed by atoms with E-state index in [0.717, 1.165) is 12.8 Å². The normalized spacial score (nSPS) is 42.4. The van der Waals surface area contributed by atoms with E-state index in [9.17, 15) is 0 Å². The first kappa shape index (κ1) is 11.3. The number of rotatable bonds is 1. The maximum absolute atomic E-state index is 9.05. The fourth-order valence-corrected chi connectivity index (χ4v) is 2.49. The molecule has 0 aromatic heterocycles. The molecule has 4 nitrogen and oxygen atoms in total. The van der Waals surface area contributed by atoms with Crippen LogP contribution >= 0.6 is 0 Å². The van der Waals surface area contributed by atoms with E-state index in [1.165, 1.54) is 12.8 Å². The Hall–Kier alpha value is -0.160. The minimum atomic E-state index is -1.43. The molecule has 1 aliphatic carbocycles. The highest BCUT2D eigenvalue weighted by Crippen LogP contribution is 2.30. The Bertz CT molecular complexity index is 207. The van der Waals surface area contributed by atoms with Crippen LogP contribution in [0.1, 0.15) is 32.6 Å². The smallest absolute Gasteiger partial charge is 0.180 e. The lowest BCUT2D eigenvalue weighted by atomic mass is 10.0. The molecule has 0 spiro atoms. The summed E-state index contributed by atoms with van der Waals surface area (Å²) in [7, 11) is 0. The molecular weight excluding hydrogens is 196 g/mol. The molecule has 4 unspecified atom stereocenters. The Morgan fingerprint density at radius 2 is 2.00 bits per heavy atom. The molecule has 4 atom stereocenters. The van der Waals surface area contributed by atoms with Gasteiger partial charge in [-0.2, -0.15) is 0 Å². The Morgan fingerprint density at radius 3 is 2.73 bits per heavy atom. The van der Waals surface area contributed by atoms with Gasteiger partial charge < -0.3 is 19.7 Å². The number of hydrogen-bond donors (Lipinski definition) is 2. The van der Waals surface area contributed by atoms with Crippen molar-refractivity contribution in [2.45, 2.75) is 57.2 Å². The summed E-state index contributed by atoms with van der Waals surface area (Å²) in [5.74, 6) is 0.637. The van der Waals surface area contributed by atoms with Crippen LogP contribution < -0.4 is 0 Å². The van der Waals surface area contributed by atoms with Gasteiger partial charge in [0.25, 0.3) is 0 Å². The van der Waals surface area contributed by atoms with Gasteiger partial charge in [0, 0.05) is 0 Å². The second-order valence-corrected chi connectivity index (χ2v) is 4.77. The summed E-state index contributed by atoms with van der Waals surface area (Å²) >= 11 is 0. The van der Waals surface area contributed by atoms with Crippen LogP contribution in [0.4, 0.5) is 0 Å². The first-order chi connectivity index (χ1) is 7.16. The third kappa shape index (κ3) is 2.69. The summed E-state index contributed by atoms with van der Waals surface area (Å²) in [6, 6.07) is 0. The van der Waals surface area contributed by atoms with E-state index in [0.29, 0.717) is 12.5 Å². The van der Waals surface area contributed by atoms with Crippen molar-refractivity contribution in [2.75, 3.05) is 6.61 Å². The maximum atomic E-state index is 9.05. The Balaban J connectivity index is 1.96. The molecule has 1 aliphatic heterocycles. The molecule has 0 aromatic carbocycles. The van der Waals surface area contributed by atoms with Gasteiger partial charge in [-0.05, 0) is 18.8 Å². The van der Waals surface area contributed by atoms with E-state index in [1.807, 2.05) is 0 Å². The summed E-state index contributed by atoms with van der Waals surface area (Å²) < 4.78 is 11.3. The third-order valence-electron chi connectivity index (χ3n) is 3.39. The van der Waals surface area contributed by atoms with Gasteiger partial charge in [-0.25, -0.2) is 0 Å². The zero-order valence-corrected chi connectivity index (χ0v) is 9.13. The molecular formula is C11H20O4. The average molecular weight is 216 g/mol. The van der Waals surface area contributed by atoms with Crippen molar-refractivity contribution >= 4 is 0 Å². The zero-order valence-electron chi connectivity index (χ0n) is 9.13. The summed E-state index contributed by atoms with van der Waals surface area (Å²) in [6.07, 6.45) is 2.59. The molecule has 0 radical (unpaired) electrons. The highest BCUT2D eigenvalue weighted by molar-refractivity contribution is 4.83. The summed E-state index contributed by atoms with van der Waals surface area (Å²) in [4.78, 5) is 0. The number of aliphatic hydroxyl groups is 2. The lowest BCUT2D eigenvalue weighted by Gasteiger charge is -2.36. The monoisotopic (exact) mass is 216 g/mol. The predicted octanol–water partition coefficient (Wildman–Crippen LogP) is 0.660. The fourth-order valence-electron chi connectivity index (χ4n) is 2.49. The van der Waals surface area contributed by atoms with Crippen molar-refractivity contribution in [2.24, 2.45) is 5.92 Å². The van der Waals surface area contributed by atoms with Crippen molar-refractivity contribution in [3.8, 4) is 0 Å². The molecule has 88 valence electrons. The van der Waals surface area contributed by atoms with E-state index in [4.69, 9.17) is 19.7 Å². The highest BCUT2D eigenvalue weighted by atomic mass is 16.6. The Labute approximate surface area is 90.2 Å². The number of fused-ring (bicyclic) bond motifs is 1. The molecule has 2 fully saturated rings. The third-order valence-corrected chi connectivity index (χ3v) is 3.39. The molecule has 15 heavy (non-hydrogen) atoms. The Morgan fingerprint density at radius 1 is 1.20 bits per heavy atom. The maximum Gasteiger partial charge on any atom is 0.180 e. The first-order valence-electron chi connectivity index (χ1n) is 5.80. The van der Waals surface area contributed by atoms with Crippen LogP contribution in [0.5, 0.6) is 0 Å². The van der Waals surface area contributed by atoms with Gasteiger partial charge in [-0.3, -0.25) is 0 Å². The van der Waals surface area contributed by atoms with Gasteiger partial charge in [0.15, 0.2) is 6.29 Å². The summed E-state index contributed by atoms with van der Waals surface area (Å²) in [6.45, 7) is 2.51. The lowest BCUT2D eigenvalue weighted by molar-refractivity contribution is -0.246. The molecule has 1 saturated carbocycles. The fraction of sp³-hybridized carbons (Fsp3) is 1.00. The van der Waals surface area contributed by atoms with Crippen LogP contribution in [0.25, 0.3) is 0 Å². The van der Waals surface area contributed by atoms with Gasteiger partial charge in [-0.1, -0.05) is 19.8 Å². The molecule has 1 saturated heterocycles. The van der Waals surface area contributed by atoms with E-state index in [-0.39, 0.29) is 12.2 Å². The minimum absolute atomic E-state index is 0.0445. The van der Waals surface area contributed by atoms with E-state index >= 15 is 0 Å². The average Bonchev–Trinajstić information content (AvgIpc) is 2.37. The van der Waals surface area contributed by atoms with E-state index < -0.39 is 12.4 Å². The van der Waals surface area contributed by atoms with Crippen molar-refractivity contribution in [3.63, 3.8) is 0 Å². The van der Waals surface area contributed by atoms with Gasteiger partial charge in [0.1, 0.15) is 6.10 Å². The van der Waals surface area contributed by atoms with Crippen molar-refractivity contribution < 1.29 is 19.7 Å². The van der Waals surface area contributed by atoms with Crippen LogP contribution in [0, 0.1) is 5.92 Å². The summed E-state index contributed by atoms with van der Waals surface area (Å²) in [5.41, 5.74) is 0. The first-order valence-corrected chi connectivity index (χ1v) is 5.80. The largest absolute Gasteiger partial charge is 0.373 e. The van der Waals surface area contributed by atoms with Gasteiger partial charge in [0.2, 0.25) is 0 Å². The molecule has 2 rings (SSSR count). The zero-order chi connectivity index (χ0) is 10.8. The van der Waals surface area contributed by atoms with Crippen molar-refractivity contribution in [1.82, 2.24) is 0 Å².